The van der Waals surface area contributed by atoms with Crippen molar-refractivity contribution >= 4 is 23.4 Å². The van der Waals surface area contributed by atoms with E-state index >= 15 is 0 Å². The second kappa shape index (κ2) is 14.5. The Labute approximate surface area is 267 Å². The van der Waals surface area contributed by atoms with Crippen LogP contribution < -0.4 is 20.9 Å². The van der Waals surface area contributed by atoms with Crippen LogP contribution in [0.3, 0.4) is 0 Å². The van der Waals surface area contributed by atoms with Crippen LogP contribution in [0.5, 0.6) is 11.5 Å². The Bertz CT molecular complexity index is 1630. The van der Waals surface area contributed by atoms with Crippen LogP contribution in [-0.2, 0) is 28.5 Å². The number of carbonyl (C=O) groups excluding carboxylic acids is 1. The Morgan fingerprint density at radius 1 is 0.766 bits per heavy atom. The molecule has 0 amide bonds. The molecule has 1 radical (unpaired) electrons. The summed E-state index contributed by atoms with van der Waals surface area (Å²) in [5, 5.41) is 0. The summed E-state index contributed by atoms with van der Waals surface area (Å²) in [5.41, 5.74) is 13.7. The Kier molecular flexibility index (Phi) is 10.7. The van der Waals surface area contributed by atoms with Crippen molar-refractivity contribution in [3.05, 3.63) is 132 Å². The molecule has 0 saturated heterocycles. The van der Waals surface area contributed by atoms with Crippen LogP contribution in [0.2, 0.25) is 0 Å². The molecule has 4 N–H and O–H groups in total. The maximum atomic E-state index is 14.8. The van der Waals surface area contributed by atoms with Crippen LogP contribution in [0, 0.1) is 18.2 Å². The lowest BCUT2D eigenvalue weighted by molar-refractivity contribution is -0.187. The molecule has 0 aliphatic rings. The SMILES string of the molecule is [CH2]C(COC(=O)/C=C/c1ccc(C(F)(F)Oc2ccc(OCC(F)(F)F)cc2F)cc1)(Cc1ccc(N)cc1)Cc1ccc(N)cc1. The van der Waals surface area contributed by atoms with E-state index in [9.17, 15) is 31.1 Å². The molecule has 4 aromatic carbocycles. The molecule has 4 aromatic rings. The summed E-state index contributed by atoms with van der Waals surface area (Å²) in [6.45, 7) is 2.67. The molecule has 6 nitrogen and oxygen atoms in total. The van der Waals surface area contributed by atoms with Gasteiger partial charge in [-0.3, -0.25) is 0 Å². The van der Waals surface area contributed by atoms with Crippen molar-refractivity contribution in [1.29, 1.82) is 0 Å². The van der Waals surface area contributed by atoms with Crippen molar-refractivity contribution in [2.75, 3.05) is 24.7 Å². The molecular weight excluding hydrogens is 626 g/mol. The third-order valence-corrected chi connectivity index (χ3v) is 6.84. The molecular formula is C35H31F6N2O4. The predicted octanol–water partition coefficient (Wildman–Crippen LogP) is 7.92. The summed E-state index contributed by atoms with van der Waals surface area (Å²) in [4.78, 5) is 12.6. The highest BCUT2D eigenvalue weighted by molar-refractivity contribution is 5.87. The van der Waals surface area contributed by atoms with E-state index in [1.165, 1.54) is 18.2 Å². The normalized spacial score (nSPS) is 12.2. The summed E-state index contributed by atoms with van der Waals surface area (Å²) in [6.07, 6.45) is -5.18. The first kappa shape index (κ1) is 34.7. The molecule has 0 heterocycles. The van der Waals surface area contributed by atoms with Crippen molar-refractivity contribution in [2.24, 2.45) is 5.41 Å². The molecule has 0 unspecified atom stereocenters. The Balaban J connectivity index is 1.37. The minimum absolute atomic E-state index is 0.0284. The molecule has 12 heteroatoms. The number of alkyl halides is 5. The lowest BCUT2D eigenvalue weighted by Gasteiger charge is -2.29. The summed E-state index contributed by atoms with van der Waals surface area (Å²) >= 11 is 0. The molecule has 0 aliphatic heterocycles. The summed E-state index contributed by atoms with van der Waals surface area (Å²) < 4.78 is 95.1. The van der Waals surface area contributed by atoms with Gasteiger partial charge in [0.2, 0.25) is 0 Å². The lowest BCUT2D eigenvalue weighted by atomic mass is 9.79. The molecule has 0 fully saturated rings. The molecule has 0 spiro atoms. The highest BCUT2D eigenvalue weighted by Gasteiger charge is 2.36. The van der Waals surface area contributed by atoms with Crippen LogP contribution in [0.15, 0.2) is 97.1 Å². The number of hydrogen-bond acceptors (Lipinski definition) is 6. The number of carbonyl (C=O) groups is 1. The van der Waals surface area contributed by atoms with Gasteiger partial charge < -0.3 is 25.7 Å². The molecule has 0 saturated carbocycles. The number of nitrogen functional groups attached to an aromatic ring is 2. The number of anilines is 2. The number of benzene rings is 4. The van der Waals surface area contributed by atoms with Crippen LogP contribution >= 0.6 is 0 Å². The summed E-state index contributed by atoms with van der Waals surface area (Å²) in [5.74, 6) is -3.41. The number of ether oxygens (including phenoxy) is 3. The lowest BCUT2D eigenvalue weighted by Crippen LogP contribution is -2.30. The number of hydrogen-bond donors (Lipinski definition) is 2. The van der Waals surface area contributed by atoms with Crippen molar-refractivity contribution in [2.45, 2.75) is 25.1 Å². The van der Waals surface area contributed by atoms with E-state index in [0.29, 0.717) is 35.8 Å². The van der Waals surface area contributed by atoms with Gasteiger partial charge >= 0.3 is 18.3 Å². The second-order valence-corrected chi connectivity index (χ2v) is 11.0. The van der Waals surface area contributed by atoms with E-state index in [0.717, 1.165) is 41.5 Å². The van der Waals surface area contributed by atoms with Crippen LogP contribution in [0.25, 0.3) is 6.08 Å². The minimum Gasteiger partial charge on any atom is -0.484 e. The van der Waals surface area contributed by atoms with Gasteiger partial charge in [0.25, 0.3) is 0 Å². The van der Waals surface area contributed by atoms with Crippen LogP contribution in [0.1, 0.15) is 22.3 Å². The monoisotopic (exact) mass is 657 g/mol. The first-order valence-corrected chi connectivity index (χ1v) is 14.1. The van der Waals surface area contributed by atoms with Crippen LogP contribution in [0.4, 0.5) is 37.7 Å². The Morgan fingerprint density at radius 3 is 1.83 bits per heavy atom. The third kappa shape index (κ3) is 10.7. The van der Waals surface area contributed by atoms with E-state index < -0.39 is 53.2 Å². The fourth-order valence-electron chi connectivity index (χ4n) is 4.54. The molecule has 0 aliphatic carbocycles. The Morgan fingerprint density at radius 2 is 1.32 bits per heavy atom. The topological polar surface area (TPSA) is 96.8 Å². The van der Waals surface area contributed by atoms with E-state index in [1.54, 1.807) is 24.3 Å². The van der Waals surface area contributed by atoms with Crippen molar-refractivity contribution in [3.63, 3.8) is 0 Å². The van der Waals surface area contributed by atoms with Gasteiger partial charge in [-0.25, -0.2) is 9.18 Å². The minimum atomic E-state index is -4.66. The zero-order valence-electron chi connectivity index (χ0n) is 24.9. The highest BCUT2D eigenvalue weighted by Crippen LogP contribution is 2.35. The van der Waals surface area contributed by atoms with Gasteiger partial charge in [-0.05, 0) is 91.1 Å². The maximum Gasteiger partial charge on any atom is 0.426 e. The largest absolute Gasteiger partial charge is 0.484 e. The van der Waals surface area contributed by atoms with Gasteiger partial charge in [0, 0.05) is 28.9 Å². The number of halogens is 6. The average Bonchev–Trinajstić information content (AvgIpc) is 3.01. The zero-order valence-corrected chi connectivity index (χ0v) is 24.9. The van der Waals surface area contributed by atoms with Crippen molar-refractivity contribution < 1.29 is 45.3 Å². The summed E-state index contributed by atoms with van der Waals surface area (Å²) in [7, 11) is 0. The smallest absolute Gasteiger partial charge is 0.426 e. The maximum absolute atomic E-state index is 14.8. The first-order chi connectivity index (χ1) is 22.1. The van der Waals surface area contributed by atoms with E-state index in [2.05, 4.69) is 16.4 Å². The molecule has 0 atom stereocenters. The number of esters is 1. The molecule has 247 valence electrons. The van der Waals surface area contributed by atoms with Crippen molar-refractivity contribution in [1.82, 2.24) is 0 Å². The number of nitrogens with two attached hydrogens (primary N) is 2. The van der Waals surface area contributed by atoms with E-state index in [1.807, 2.05) is 24.3 Å². The van der Waals surface area contributed by atoms with Gasteiger partial charge in [0.1, 0.15) is 5.75 Å². The van der Waals surface area contributed by atoms with Gasteiger partial charge in [-0.1, -0.05) is 36.4 Å². The van der Waals surface area contributed by atoms with E-state index in [4.69, 9.17) is 16.2 Å². The van der Waals surface area contributed by atoms with Gasteiger partial charge in [0.15, 0.2) is 18.2 Å². The standard InChI is InChI=1S/C35H31F6N2O4/c1-33(19-24-4-11-27(42)12-5-24,20-25-6-13-28(43)14-7-25)21-46-32(44)17-8-23-2-9-26(10-3-23)35(40,41)47-31-16-15-29(18-30(31)36)45-22-34(37,38)39/h2-18H,1,19-22,42-43H2/b17-8+. The predicted molar refractivity (Wildman–Crippen MR) is 166 cm³/mol. The second-order valence-electron chi connectivity index (χ2n) is 11.0. The molecule has 4 rings (SSSR count). The fourth-order valence-corrected chi connectivity index (χ4v) is 4.54. The number of rotatable bonds is 13. The fraction of sp³-hybridized carbons (Fsp3) is 0.200. The van der Waals surface area contributed by atoms with Crippen molar-refractivity contribution in [3.8, 4) is 11.5 Å². The third-order valence-electron chi connectivity index (χ3n) is 6.84. The average molecular weight is 658 g/mol. The first-order valence-electron chi connectivity index (χ1n) is 14.1. The highest BCUT2D eigenvalue weighted by atomic mass is 19.4. The molecule has 0 bridgehead atoms. The van der Waals surface area contributed by atoms with Gasteiger partial charge in [-0.2, -0.15) is 22.0 Å². The molecule has 0 aromatic heterocycles. The van der Waals surface area contributed by atoms with E-state index in [-0.39, 0.29) is 6.61 Å². The Hall–Kier alpha value is -5.13. The van der Waals surface area contributed by atoms with Gasteiger partial charge in [-0.15, -0.1) is 0 Å². The zero-order chi connectivity index (χ0) is 34.2. The quantitative estimate of drug-likeness (QED) is 0.0657. The van der Waals surface area contributed by atoms with Crippen LogP contribution in [-0.4, -0.2) is 25.4 Å². The molecule has 47 heavy (non-hydrogen) atoms. The van der Waals surface area contributed by atoms with Gasteiger partial charge in [0.05, 0.1) is 12.2 Å². The summed E-state index contributed by atoms with van der Waals surface area (Å²) in [6, 6.07) is 21.3.